The Morgan fingerprint density at radius 2 is 1.54 bits per heavy atom. The molecule has 1 aromatic heterocycles. The Kier molecular flexibility index (Phi) is 4.56. The molecule has 1 aromatic carbocycles. The molecule has 0 radical (unpaired) electrons. The van der Waals surface area contributed by atoms with Crippen molar-refractivity contribution in [2.24, 2.45) is 23.7 Å². The smallest absolute Gasteiger partial charge is 0.320 e. The minimum atomic E-state index is -0.875. The molecule has 2 aromatic rings. The summed E-state index contributed by atoms with van der Waals surface area (Å²) in [6, 6.07) is 10.3. The molecule has 2 heterocycles. The first-order valence-electron chi connectivity index (χ1n) is 9.96. The summed E-state index contributed by atoms with van der Waals surface area (Å²) in [6.45, 7) is 0. The molecule has 28 heavy (non-hydrogen) atoms. The lowest BCUT2D eigenvalue weighted by atomic mass is 9.53. The van der Waals surface area contributed by atoms with Crippen molar-refractivity contribution in [3.63, 3.8) is 0 Å². The van der Waals surface area contributed by atoms with Gasteiger partial charge in [-0.1, -0.05) is 18.2 Å². The first-order valence-corrected chi connectivity index (χ1v) is 11.0. The average molecular weight is 491 g/mol. The van der Waals surface area contributed by atoms with Gasteiger partial charge in [-0.05, 0) is 78.7 Å². The highest BCUT2D eigenvalue weighted by molar-refractivity contribution is 14.1. The van der Waals surface area contributed by atoms with Gasteiger partial charge in [0.05, 0.1) is 5.52 Å². The van der Waals surface area contributed by atoms with Crippen LogP contribution >= 0.6 is 22.6 Å². The Labute approximate surface area is 177 Å². The SMILES string of the molecule is Ic1cnc2ccccc2c1.O=C1CC(=O)OC2(O1)C1CC3CC(C1)CC2C3. The van der Waals surface area contributed by atoms with E-state index in [4.69, 9.17) is 9.47 Å². The van der Waals surface area contributed by atoms with Crippen LogP contribution < -0.4 is 0 Å². The van der Waals surface area contributed by atoms with Crippen LogP contribution in [0.3, 0.4) is 0 Å². The van der Waals surface area contributed by atoms with Crippen molar-refractivity contribution in [3.05, 3.63) is 40.1 Å². The molecule has 0 N–H and O–H groups in total. The van der Waals surface area contributed by atoms with Crippen LogP contribution in [0.15, 0.2) is 36.5 Å². The number of nitrogens with zero attached hydrogens (tertiary/aromatic N) is 1. The van der Waals surface area contributed by atoms with E-state index in [0.717, 1.165) is 43.0 Å². The molecule has 0 unspecified atom stereocenters. The number of ether oxygens (including phenoxy) is 2. The first kappa shape index (κ1) is 18.3. The maximum Gasteiger partial charge on any atom is 0.320 e. The fraction of sp³-hybridized carbons (Fsp3) is 0.500. The van der Waals surface area contributed by atoms with Crippen molar-refractivity contribution in [1.82, 2.24) is 4.98 Å². The molecular weight excluding hydrogens is 469 g/mol. The minimum Gasteiger partial charge on any atom is -0.421 e. The molecular formula is C22H22INO4. The van der Waals surface area contributed by atoms with Gasteiger partial charge in [-0.2, -0.15) is 0 Å². The van der Waals surface area contributed by atoms with Crippen LogP contribution in [0.2, 0.25) is 0 Å². The molecule has 5 aliphatic rings. The Morgan fingerprint density at radius 1 is 0.929 bits per heavy atom. The summed E-state index contributed by atoms with van der Waals surface area (Å²) >= 11 is 2.27. The maximum absolute atomic E-state index is 11.5. The summed E-state index contributed by atoms with van der Waals surface area (Å²) in [7, 11) is 0. The zero-order valence-corrected chi connectivity index (χ0v) is 17.6. The summed E-state index contributed by atoms with van der Waals surface area (Å²) in [6.07, 6.45) is 7.24. The molecule has 1 spiro atoms. The summed E-state index contributed by atoms with van der Waals surface area (Å²) in [4.78, 5) is 27.4. The lowest BCUT2D eigenvalue weighted by Crippen LogP contribution is -2.63. The van der Waals surface area contributed by atoms with E-state index >= 15 is 0 Å². The van der Waals surface area contributed by atoms with E-state index in [1.54, 1.807) is 0 Å². The second-order valence-electron chi connectivity index (χ2n) is 8.50. The number of hydrogen-bond acceptors (Lipinski definition) is 5. The van der Waals surface area contributed by atoms with Gasteiger partial charge in [0.1, 0.15) is 6.42 Å². The standard InChI is InChI=1S/C13H16O4.C9H6IN/c14-11-6-12(15)17-13(16-11)9-2-7-1-8(4-9)5-10(13)3-7;10-8-5-7-3-1-2-4-9(7)11-6-8/h7-10H,1-6H2;1-6H. The Morgan fingerprint density at radius 3 is 2.18 bits per heavy atom. The predicted molar refractivity (Wildman–Crippen MR) is 111 cm³/mol. The highest BCUT2D eigenvalue weighted by atomic mass is 127. The van der Waals surface area contributed by atoms with Crippen LogP contribution in [0, 0.1) is 27.2 Å². The molecule has 5 fully saturated rings. The molecule has 4 aliphatic carbocycles. The lowest BCUT2D eigenvalue weighted by molar-refractivity contribution is -0.319. The molecule has 146 valence electrons. The third-order valence-electron chi connectivity index (χ3n) is 6.67. The number of aromatic nitrogens is 1. The molecule has 1 aliphatic heterocycles. The number of benzene rings is 1. The summed E-state index contributed by atoms with van der Waals surface area (Å²) in [5, 5.41) is 1.21. The largest absolute Gasteiger partial charge is 0.421 e. The van der Waals surface area contributed by atoms with Crippen molar-refractivity contribution in [2.45, 2.75) is 44.3 Å². The fourth-order valence-electron chi connectivity index (χ4n) is 5.79. The van der Waals surface area contributed by atoms with E-state index in [1.807, 2.05) is 24.4 Å². The number of rotatable bonds is 0. The Balaban J connectivity index is 0.000000135. The van der Waals surface area contributed by atoms with Gasteiger partial charge in [0, 0.05) is 27.0 Å². The molecule has 4 saturated carbocycles. The number of esters is 2. The Bertz CT molecular complexity index is 897. The first-order chi connectivity index (χ1) is 13.5. The Hall–Kier alpha value is -1.70. The van der Waals surface area contributed by atoms with Gasteiger partial charge in [0.25, 0.3) is 5.79 Å². The van der Waals surface area contributed by atoms with E-state index in [2.05, 4.69) is 39.7 Å². The third kappa shape index (κ3) is 3.19. The monoisotopic (exact) mass is 491 g/mol. The van der Waals surface area contributed by atoms with Crippen molar-refractivity contribution < 1.29 is 19.1 Å². The number of carbonyl (C=O) groups is 2. The highest BCUT2D eigenvalue weighted by Crippen LogP contribution is 2.60. The molecule has 4 bridgehead atoms. The topological polar surface area (TPSA) is 65.5 Å². The minimum absolute atomic E-state index is 0.214. The van der Waals surface area contributed by atoms with Crippen LogP contribution in [0.1, 0.15) is 38.5 Å². The van der Waals surface area contributed by atoms with Gasteiger partial charge in [-0.3, -0.25) is 14.6 Å². The summed E-state index contributed by atoms with van der Waals surface area (Å²) < 4.78 is 12.3. The zero-order valence-electron chi connectivity index (χ0n) is 15.5. The van der Waals surface area contributed by atoms with Crippen molar-refractivity contribution in [1.29, 1.82) is 0 Å². The molecule has 1 saturated heterocycles. The van der Waals surface area contributed by atoms with E-state index in [9.17, 15) is 9.59 Å². The molecule has 7 rings (SSSR count). The molecule has 5 nitrogen and oxygen atoms in total. The number of carbonyl (C=O) groups excluding carboxylic acids is 2. The third-order valence-corrected chi connectivity index (χ3v) is 7.26. The predicted octanol–water partition coefficient (Wildman–Crippen LogP) is 4.47. The number of hydrogen-bond donors (Lipinski definition) is 0. The molecule has 0 atom stereocenters. The van der Waals surface area contributed by atoms with E-state index in [-0.39, 0.29) is 18.3 Å². The summed E-state index contributed by atoms with van der Waals surface area (Å²) in [5.41, 5.74) is 1.06. The quantitative estimate of drug-likeness (QED) is 0.309. The molecule has 6 heteroatoms. The van der Waals surface area contributed by atoms with Crippen molar-refractivity contribution in [3.8, 4) is 0 Å². The molecule has 0 amide bonds. The van der Waals surface area contributed by atoms with E-state index in [1.165, 1.54) is 15.4 Å². The van der Waals surface area contributed by atoms with Crippen LogP contribution in [0.4, 0.5) is 0 Å². The van der Waals surface area contributed by atoms with Gasteiger partial charge in [-0.25, -0.2) is 0 Å². The lowest BCUT2D eigenvalue weighted by Gasteiger charge is -2.59. The number of fused-ring (bicyclic) bond motifs is 1. The van der Waals surface area contributed by atoms with Gasteiger partial charge < -0.3 is 9.47 Å². The second-order valence-corrected chi connectivity index (χ2v) is 9.74. The number of pyridine rings is 1. The van der Waals surface area contributed by atoms with Gasteiger partial charge in [-0.15, -0.1) is 0 Å². The van der Waals surface area contributed by atoms with Crippen LogP contribution in [0.25, 0.3) is 10.9 Å². The van der Waals surface area contributed by atoms with Gasteiger partial charge >= 0.3 is 11.9 Å². The average Bonchev–Trinajstić information content (AvgIpc) is 2.65. The van der Waals surface area contributed by atoms with Crippen molar-refractivity contribution in [2.75, 3.05) is 0 Å². The second kappa shape index (κ2) is 6.97. The van der Waals surface area contributed by atoms with Gasteiger partial charge in [0.15, 0.2) is 0 Å². The van der Waals surface area contributed by atoms with Gasteiger partial charge in [0.2, 0.25) is 0 Å². The maximum atomic E-state index is 11.5. The van der Waals surface area contributed by atoms with Crippen LogP contribution in [-0.4, -0.2) is 22.7 Å². The highest BCUT2D eigenvalue weighted by Gasteiger charge is 2.63. The number of para-hydroxylation sites is 1. The van der Waals surface area contributed by atoms with E-state index < -0.39 is 17.7 Å². The van der Waals surface area contributed by atoms with E-state index in [0.29, 0.717) is 0 Å². The van der Waals surface area contributed by atoms with Crippen LogP contribution in [0.5, 0.6) is 0 Å². The van der Waals surface area contributed by atoms with Crippen LogP contribution in [-0.2, 0) is 19.1 Å². The van der Waals surface area contributed by atoms with Crippen molar-refractivity contribution >= 4 is 45.4 Å². The normalized spacial score (nSPS) is 31.9. The number of halogens is 1. The fourth-order valence-corrected chi connectivity index (χ4v) is 6.26. The summed E-state index contributed by atoms with van der Waals surface area (Å²) in [5.74, 6) is 0.381. The zero-order chi connectivity index (χ0) is 19.3.